The lowest BCUT2D eigenvalue weighted by molar-refractivity contribution is -0.117. The summed E-state index contributed by atoms with van der Waals surface area (Å²) in [7, 11) is 0. The van der Waals surface area contributed by atoms with Gasteiger partial charge >= 0.3 is 0 Å². The van der Waals surface area contributed by atoms with Crippen molar-refractivity contribution in [1.29, 1.82) is 0 Å². The Kier molecular flexibility index (Phi) is 4.48. The van der Waals surface area contributed by atoms with Crippen molar-refractivity contribution in [3.63, 3.8) is 0 Å². The molecule has 0 aromatic heterocycles. The Morgan fingerprint density at radius 1 is 1.25 bits per heavy atom. The molecule has 0 amide bonds. The molecule has 4 heteroatoms. The highest BCUT2D eigenvalue weighted by Crippen LogP contribution is 2.23. The van der Waals surface area contributed by atoms with Gasteiger partial charge < -0.3 is 11.1 Å². The second-order valence-electron chi connectivity index (χ2n) is 4.61. The van der Waals surface area contributed by atoms with Gasteiger partial charge in [-0.05, 0) is 30.7 Å². The highest BCUT2D eigenvalue weighted by atomic mass is 19.1. The number of nitrogens with two attached hydrogens (primary N) is 1. The Bertz CT molecular complexity index is 613. The monoisotopic (exact) mass is 272 g/mol. The largest absolute Gasteiger partial charge is 0.372 e. The van der Waals surface area contributed by atoms with Gasteiger partial charge in [0.25, 0.3) is 0 Å². The van der Waals surface area contributed by atoms with E-state index < -0.39 is 11.9 Å². The number of rotatable bonds is 5. The van der Waals surface area contributed by atoms with Crippen molar-refractivity contribution < 1.29 is 9.18 Å². The zero-order chi connectivity index (χ0) is 14.5. The van der Waals surface area contributed by atoms with E-state index in [1.807, 2.05) is 24.3 Å². The zero-order valence-electron chi connectivity index (χ0n) is 11.3. The summed E-state index contributed by atoms with van der Waals surface area (Å²) in [5, 5.41) is 3.07. The van der Waals surface area contributed by atoms with Crippen LogP contribution in [0.15, 0.2) is 48.5 Å². The number of anilines is 1. The third-order valence-electron chi connectivity index (χ3n) is 3.10. The van der Waals surface area contributed by atoms with Crippen LogP contribution in [0.3, 0.4) is 0 Å². The summed E-state index contributed by atoms with van der Waals surface area (Å²) in [5.41, 5.74) is 7.63. The van der Waals surface area contributed by atoms with E-state index in [9.17, 15) is 9.18 Å². The Morgan fingerprint density at radius 2 is 2.00 bits per heavy atom. The number of hydrogen-bond donors (Lipinski definition) is 2. The summed E-state index contributed by atoms with van der Waals surface area (Å²) >= 11 is 0. The molecular weight excluding hydrogens is 255 g/mol. The van der Waals surface area contributed by atoms with Crippen LogP contribution in [0.4, 0.5) is 10.1 Å². The number of carbonyl (C=O) groups excluding carboxylic acids is 1. The number of benzene rings is 2. The first-order valence-corrected chi connectivity index (χ1v) is 6.42. The van der Waals surface area contributed by atoms with Crippen LogP contribution in [0.5, 0.6) is 0 Å². The van der Waals surface area contributed by atoms with Crippen LogP contribution in [-0.2, 0) is 11.3 Å². The Morgan fingerprint density at radius 3 is 2.65 bits per heavy atom. The highest BCUT2D eigenvalue weighted by Gasteiger charge is 2.19. The second-order valence-corrected chi connectivity index (χ2v) is 4.61. The van der Waals surface area contributed by atoms with E-state index in [1.165, 1.54) is 13.0 Å². The van der Waals surface area contributed by atoms with Gasteiger partial charge in [-0.2, -0.15) is 0 Å². The van der Waals surface area contributed by atoms with Crippen molar-refractivity contribution in [2.45, 2.75) is 19.5 Å². The molecule has 0 bridgehead atoms. The molecule has 0 aliphatic rings. The van der Waals surface area contributed by atoms with Crippen LogP contribution < -0.4 is 11.1 Å². The minimum Gasteiger partial charge on any atom is -0.372 e. The molecule has 2 rings (SSSR count). The lowest BCUT2D eigenvalue weighted by Crippen LogP contribution is -2.20. The zero-order valence-corrected chi connectivity index (χ0v) is 11.3. The fourth-order valence-electron chi connectivity index (χ4n) is 2.06. The molecule has 0 fully saturated rings. The lowest BCUT2D eigenvalue weighted by atomic mass is 10.0. The summed E-state index contributed by atoms with van der Waals surface area (Å²) in [6.45, 7) is 1.86. The molecule has 0 aliphatic heterocycles. The number of hydrogen-bond acceptors (Lipinski definition) is 3. The molecule has 2 aromatic rings. The molecule has 1 atom stereocenters. The fourth-order valence-corrected chi connectivity index (χ4v) is 2.06. The summed E-state index contributed by atoms with van der Waals surface area (Å²) in [6, 6.07) is 13.0. The van der Waals surface area contributed by atoms with E-state index in [-0.39, 0.29) is 5.78 Å². The predicted molar refractivity (Wildman–Crippen MR) is 77.8 cm³/mol. The Hall–Kier alpha value is -2.20. The summed E-state index contributed by atoms with van der Waals surface area (Å²) in [6.07, 6.45) is 0. The Labute approximate surface area is 117 Å². The van der Waals surface area contributed by atoms with Gasteiger partial charge in [0, 0.05) is 17.8 Å². The molecule has 0 aliphatic carbocycles. The maximum absolute atomic E-state index is 13.8. The quantitative estimate of drug-likeness (QED) is 0.879. The van der Waals surface area contributed by atoms with Gasteiger partial charge in [-0.15, -0.1) is 0 Å². The summed E-state index contributed by atoms with van der Waals surface area (Å²) < 4.78 is 13.8. The van der Waals surface area contributed by atoms with Crippen LogP contribution >= 0.6 is 0 Å². The van der Waals surface area contributed by atoms with E-state index in [1.54, 1.807) is 18.2 Å². The maximum atomic E-state index is 13.8. The van der Waals surface area contributed by atoms with Gasteiger partial charge in [-0.1, -0.05) is 30.3 Å². The normalized spacial score (nSPS) is 11.9. The molecule has 0 heterocycles. The molecule has 0 radical (unpaired) electrons. The van der Waals surface area contributed by atoms with E-state index in [0.29, 0.717) is 12.1 Å². The number of carbonyl (C=O) groups is 1. The molecule has 2 aromatic carbocycles. The topological polar surface area (TPSA) is 55.1 Å². The molecule has 3 N–H and O–H groups in total. The number of nitrogens with one attached hydrogen (secondary N) is 1. The van der Waals surface area contributed by atoms with Gasteiger partial charge in [-0.25, -0.2) is 4.39 Å². The second kappa shape index (κ2) is 6.30. The molecule has 3 nitrogen and oxygen atoms in total. The SMILES string of the molecule is CC(=O)C(Nc1cccc(CN)c1)c1ccccc1F. The van der Waals surface area contributed by atoms with Crippen LogP contribution in [0, 0.1) is 5.82 Å². The number of ketones is 1. The van der Waals surface area contributed by atoms with E-state index >= 15 is 0 Å². The third kappa shape index (κ3) is 3.22. The van der Waals surface area contributed by atoms with Gasteiger partial charge in [0.15, 0.2) is 5.78 Å². The Balaban J connectivity index is 2.31. The molecule has 20 heavy (non-hydrogen) atoms. The summed E-state index contributed by atoms with van der Waals surface area (Å²) in [5.74, 6) is -0.538. The third-order valence-corrected chi connectivity index (χ3v) is 3.10. The minimum atomic E-state index is -0.704. The average Bonchev–Trinajstić information content (AvgIpc) is 2.45. The predicted octanol–water partition coefficient (Wildman–Crippen LogP) is 3.03. The van der Waals surface area contributed by atoms with Crippen molar-refractivity contribution in [3.05, 3.63) is 65.5 Å². The van der Waals surface area contributed by atoms with Crippen molar-refractivity contribution in [3.8, 4) is 0 Å². The van der Waals surface area contributed by atoms with E-state index in [2.05, 4.69) is 5.32 Å². The molecule has 0 saturated carbocycles. The average molecular weight is 272 g/mol. The fraction of sp³-hybridized carbons (Fsp3) is 0.188. The molecule has 1 unspecified atom stereocenters. The van der Waals surface area contributed by atoms with E-state index in [4.69, 9.17) is 5.73 Å². The maximum Gasteiger partial charge on any atom is 0.156 e. The van der Waals surface area contributed by atoms with Gasteiger partial charge in [0.05, 0.1) is 0 Å². The lowest BCUT2D eigenvalue weighted by Gasteiger charge is -2.18. The first kappa shape index (κ1) is 14.2. The molecule has 0 spiro atoms. The van der Waals surface area contributed by atoms with Crippen molar-refractivity contribution in [2.24, 2.45) is 5.73 Å². The van der Waals surface area contributed by atoms with Crippen molar-refractivity contribution in [2.75, 3.05) is 5.32 Å². The van der Waals surface area contributed by atoms with Crippen LogP contribution in [-0.4, -0.2) is 5.78 Å². The molecular formula is C16H17FN2O. The van der Waals surface area contributed by atoms with Crippen molar-refractivity contribution >= 4 is 11.5 Å². The number of halogens is 1. The van der Waals surface area contributed by atoms with Gasteiger partial charge in [0.1, 0.15) is 11.9 Å². The van der Waals surface area contributed by atoms with Crippen molar-refractivity contribution in [1.82, 2.24) is 0 Å². The van der Waals surface area contributed by atoms with Gasteiger partial charge in [0.2, 0.25) is 0 Å². The van der Waals surface area contributed by atoms with Gasteiger partial charge in [-0.3, -0.25) is 4.79 Å². The van der Waals surface area contributed by atoms with Crippen LogP contribution in [0.25, 0.3) is 0 Å². The van der Waals surface area contributed by atoms with E-state index in [0.717, 1.165) is 11.3 Å². The molecule has 104 valence electrons. The first-order chi connectivity index (χ1) is 9.61. The standard InChI is InChI=1S/C16H17FN2O/c1-11(20)16(14-7-2-3-8-15(14)17)19-13-6-4-5-12(9-13)10-18/h2-9,16,19H,10,18H2,1H3. The van der Waals surface area contributed by atoms with Crippen LogP contribution in [0.2, 0.25) is 0 Å². The van der Waals surface area contributed by atoms with Crippen LogP contribution in [0.1, 0.15) is 24.1 Å². The number of Topliss-reactive ketones (excluding diaryl/α,β-unsaturated/α-hetero) is 1. The smallest absolute Gasteiger partial charge is 0.156 e. The molecule has 0 saturated heterocycles. The first-order valence-electron chi connectivity index (χ1n) is 6.42. The highest BCUT2D eigenvalue weighted by molar-refractivity contribution is 5.85. The minimum absolute atomic E-state index is 0.145. The summed E-state index contributed by atoms with van der Waals surface area (Å²) in [4.78, 5) is 11.8.